The van der Waals surface area contributed by atoms with E-state index in [0.29, 0.717) is 22.8 Å². The first-order valence-electron chi connectivity index (χ1n) is 6.39. The van der Waals surface area contributed by atoms with E-state index in [1.807, 2.05) is 0 Å². The van der Waals surface area contributed by atoms with Crippen molar-refractivity contribution in [2.24, 2.45) is 0 Å². The summed E-state index contributed by atoms with van der Waals surface area (Å²) in [5.74, 6) is 0.231. The van der Waals surface area contributed by atoms with Gasteiger partial charge in [0.15, 0.2) is 10.9 Å². The number of nitrogens with one attached hydrogen (secondary N) is 2. The van der Waals surface area contributed by atoms with Crippen molar-refractivity contribution in [1.82, 2.24) is 25.1 Å². The molecule has 8 nitrogen and oxygen atoms in total. The Kier molecular flexibility index (Phi) is 3.91. The van der Waals surface area contributed by atoms with Crippen LogP contribution < -0.4 is 5.32 Å². The summed E-state index contributed by atoms with van der Waals surface area (Å²) in [5.41, 5.74) is 1.27. The molecule has 1 amide bonds. The van der Waals surface area contributed by atoms with Gasteiger partial charge in [-0.3, -0.25) is 20.0 Å². The largest absolute Gasteiger partial charge is 0.294 e. The minimum atomic E-state index is -0.238. The Morgan fingerprint density at radius 2 is 2.29 bits per heavy atom. The maximum Gasteiger partial charge on any atom is 0.237 e. The summed E-state index contributed by atoms with van der Waals surface area (Å²) in [4.78, 5) is 35.6. The van der Waals surface area contributed by atoms with E-state index in [4.69, 9.17) is 0 Å². The van der Waals surface area contributed by atoms with Gasteiger partial charge in [0.25, 0.3) is 0 Å². The van der Waals surface area contributed by atoms with Crippen molar-refractivity contribution in [1.29, 1.82) is 0 Å². The lowest BCUT2D eigenvalue weighted by molar-refractivity contribution is -0.113. The Bertz CT molecular complexity index is 672. The number of Topliss-reactive ketones (excluding diaryl/α,β-unsaturated/α-hetero) is 1. The monoisotopic (exact) mass is 304 g/mol. The zero-order chi connectivity index (χ0) is 14.7. The molecule has 0 spiro atoms. The molecule has 1 aliphatic carbocycles. The lowest BCUT2D eigenvalue weighted by atomic mass is 9.96. The lowest BCUT2D eigenvalue weighted by Crippen LogP contribution is -2.19. The van der Waals surface area contributed by atoms with Crippen LogP contribution >= 0.6 is 11.8 Å². The van der Waals surface area contributed by atoms with Gasteiger partial charge in [-0.05, 0) is 12.8 Å². The van der Waals surface area contributed by atoms with Crippen LogP contribution in [0.4, 0.5) is 5.95 Å². The number of anilines is 1. The van der Waals surface area contributed by atoms with E-state index in [1.165, 1.54) is 24.3 Å². The van der Waals surface area contributed by atoms with Crippen molar-refractivity contribution in [2.45, 2.75) is 24.4 Å². The van der Waals surface area contributed by atoms with Crippen LogP contribution in [0.1, 0.15) is 28.9 Å². The molecular weight excluding hydrogens is 292 g/mol. The maximum absolute atomic E-state index is 11.8. The molecule has 21 heavy (non-hydrogen) atoms. The first-order chi connectivity index (χ1) is 10.2. The van der Waals surface area contributed by atoms with Gasteiger partial charge in [-0.1, -0.05) is 11.8 Å². The molecule has 3 rings (SSSR count). The van der Waals surface area contributed by atoms with Crippen LogP contribution in [0.25, 0.3) is 0 Å². The van der Waals surface area contributed by atoms with E-state index >= 15 is 0 Å². The predicted molar refractivity (Wildman–Crippen MR) is 75.0 cm³/mol. The van der Waals surface area contributed by atoms with Crippen molar-refractivity contribution in [2.75, 3.05) is 11.1 Å². The fourth-order valence-corrected chi connectivity index (χ4v) is 2.59. The molecule has 0 saturated heterocycles. The Morgan fingerprint density at radius 1 is 1.38 bits per heavy atom. The molecule has 0 radical (unpaired) electrons. The van der Waals surface area contributed by atoms with Crippen molar-refractivity contribution < 1.29 is 9.59 Å². The van der Waals surface area contributed by atoms with Gasteiger partial charge < -0.3 is 0 Å². The summed E-state index contributed by atoms with van der Waals surface area (Å²) in [6.07, 6.45) is 4.93. The summed E-state index contributed by atoms with van der Waals surface area (Å²) in [6, 6.07) is 0. The van der Waals surface area contributed by atoms with E-state index in [2.05, 4.69) is 30.5 Å². The second kappa shape index (κ2) is 6.00. The zero-order valence-electron chi connectivity index (χ0n) is 11.0. The molecule has 108 valence electrons. The molecule has 0 aliphatic heterocycles. The molecule has 2 N–H and O–H groups in total. The molecule has 0 atom stereocenters. The highest BCUT2D eigenvalue weighted by Gasteiger charge is 2.19. The summed E-state index contributed by atoms with van der Waals surface area (Å²) < 4.78 is 0. The van der Waals surface area contributed by atoms with E-state index in [-0.39, 0.29) is 23.4 Å². The number of aromatic amines is 1. The SMILES string of the molecule is O=C(CSc1ncn[nH]1)Nc1ncc2c(n1)CCCC2=O. The fourth-order valence-electron chi connectivity index (χ4n) is 2.01. The van der Waals surface area contributed by atoms with Crippen LogP contribution in [0.5, 0.6) is 0 Å². The average Bonchev–Trinajstić information content (AvgIpc) is 2.99. The van der Waals surface area contributed by atoms with Gasteiger partial charge in [-0.25, -0.2) is 15.0 Å². The van der Waals surface area contributed by atoms with Gasteiger partial charge in [0.05, 0.1) is 17.0 Å². The molecule has 0 aromatic carbocycles. The quantitative estimate of drug-likeness (QED) is 0.805. The molecule has 2 aromatic rings. The second-order valence-electron chi connectivity index (χ2n) is 4.46. The van der Waals surface area contributed by atoms with Gasteiger partial charge in [0, 0.05) is 12.6 Å². The van der Waals surface area contributed by atoms with Crippen LogP contribution in [0, 0.1) is 0 Å². The number of hydrogen-bond acceptors (Lipinski definition) is 7. The molecule has 9 heteroatoms. The summed E-state index contributed by atoms with van der Waals surface area (Å²) in [6.45, 7) is 0. The zero-order valence-corrected chi connectivity index (χ0v) is 11.8. The maximum atomic E-state index is 11.8. The summed E-state index contributed by atoms with van der Waals surface area (Å²) in [5, 5.41) is 9.53. The third-order valence-electron chi connectivity index (χ3n) is 2.97. The van der Waals surface area contributed by atoms with Gasteiger partial charge >= 0.3 is 0 Å². The van der Waals surface area contributed by atoms with Crippen molar-refractivity contribution in [3.05, 3.63) is 23.8 Å². The van der Waals surface area contributed by atoms with E-state index < -0.39 is 0 Å². The fraction of sp³-hybridized carbons (Fsp3) is 0.333. The second-order valence-corrected chi connectivity index (χ2v) is 5.42. The highest BCUT2D eigenvalue weighted by Crippen LogP contribution is 2.19. The van der Waals surface area contributed by atoms with Gasteiger partial charge in [0.2, 0.25) is 11.9 Å². The van der Waals surface area contributed by atoms with Crippen LogP contribution in [0.2, 0.25) is 0 Å². The molecule has 0 fully saturated rings. The number of H-pyrrole nitrogens is 1. The van der Waals surface area contributed by atoms with Crippen molar-refractivity contribution in [3.63, 3.8) is 0 Å². The molecule has 2 heterocycles. The van der Waals surface area contributed by atoms with Crippen molar-refractivity contribution >= 4 is 29.4 Å². The first kappa shape index (κ1) is 13.7. The minimum absolute atomic E-state index is 0.0648. The van der Waals surface area contributed by atoms with Crippen LogP contribution in [0.15, 0.2) is 17.7 Å². The van der Waals surface area contributed by atoms with E-state index in [9.17, 15) is 9.59 Å². The van der Waals surface area contributed by atoms with Gasteiger partial charge in [0.1, 0.15) is 6.33 Å². The summed E-state index contributed by atoms with van der Waals surface area (Å²) in [7, 11) is 0. The normalized spacial score (nSPS) is 13.8. The predicted octanol–water partition coefficient (Wildman–Crippen LogP) is 0.844. The number of carbonyl (C=O) groups is 2. The highest BCUT2D eigenvalue weighted by molar-refractivity contribution is 7.99. The number of aryl methyl sites for hydroxylation is 1. The first-order valence-corrected chi connectivity index (χ1v) is 7.38. The van der Waals surface area contributed by atoms with Crippen LogP contribution in [0.3, 0.4) is 0 Å². The van der Waals surface area contributed by atoms with E-state index in [1.54, 1.807) is 0 Å². The molecule has 0 saturated carbocycles. The average molecular weight is 304 g/mol. The van der Waals surface area contributed by atoms with Gasteiger partial charge in [-0.15, -0.1) is 0 Å². The number of amides is 1. The number of carbonyl (C=O) groups excluding carboxylic acids is 2. The van der Waals surface area contributed by atoms with Gasteiger partial charge in [-0.2, -0.15) is 5.10 Å². The van der Waals surface area contributed by atoms with E-state index in [0.717, 1.165) is 12.8 Å². The standard InChI is InChI=1S/C12H12N6O2S/c19-9-3-1-2-8-7(9)4-13-11(16-8)17-10(20)5-21-12-14-6-15-18-12/h4,6H,1-3,5H2,(H,14,15,18)(H,13,16,17,20). The molecule has 1 aliphatic rings. The lowest BCUT2D eigenvalue weighted by Gasteiger charge is -2.13. The minimum Gasteiger partial charge on any atom is -0.294 e. The van der Waals surface area contributed by atoms with Crippen molar-refractivity contribution in [3.8, 4) is 0 Å². The molecule has 0 unspecified atom stereocenters. The number of hydrogen-bond donors (Lipinski definition) is 2. The smallest absolute Gasteiger partial charge is 0.237 e. The number of fused-ring (bicyclic) bond motifs is 1. The number of nitrogens with zero attached hydrogens (tertiary/aromatic N) is 4. The Hall–Kier alpha value is -2.29. The number of thioether (sulfide) groups is 1. The topological polar surface area (TPSA) is 114 Å². The molecule has 0 bridgehead atoms. The summed E-state index contributed by atoms with van der Waals surface area (Å²) >= 11 is 1.23. The Morgan fingerprint density at radius 3 is 3.10 bits per heavy atom. The molecule has 2 aromatic heterocycles. The highest BCUT2D eigenvalue weighted by atomic mass is 32.2. The third-order valence-corrected chi connectivity index (χ3v) is 3.85. The number of rotatable bonds is 4. The Balaban J connectivity index is 1.62. The third kappa shape index (κ3) is 3.24. The van der Waals surface area contributed by atoms with Crippen LogP contribution in [-0.4, -0.2) is 42.6 Å². The number of aromatic nitrogens is 5. The van der Waals surface area contributed by atoms with Crippen LogP contribution in [-0.2, 0) is 11.2 Å². The Labute approximate surface area is 124 Å². The molecular formula is C12H12N6O2S. The number of ketones is 1.